The fraction of sp³-hybridized carbons (Fsp3) is 0.217. The summed E-state index contributed by atoms with van der Waals surface area (Å²) in [5, 5.41) is 0.458. The van der Waals surface area contributed by atoms with Gasteiger partial charge in [0.05, 0.1) is 18.2 Å². The van der Waals surface area contributed by atoms with E-state index in [0.717, 1.165) is 11.6 Å². The number of alkyl halides is 3. The fourth-order valence-corrected chi connectivity index (χ4v) is 5.86. The Balaban J connectivity index is 1.50. The molecule has 1 atom stereocenters. The minimum Gasteiger partial charge on any atom is -0.464 e. The van der Waals surface area contributed by atoms with Crippen molar-refractivity contribution in [3.8, 4) is 0 Å². The van der Waals surface area contributed by atoms with Gasteiger partial charge in [0, 0.05) is 28.9 Å². The molecule has 32 heavy (non-hydrogen) atoms. The molecule has 2 aliphatic rings. The lowest BCUT2D eigenvalue weighted by Crippen LogP contribution is -2.40. The van der Waals surface area contributed by atoms with Crippen molar-refractivity contribution in [1.82, 2.24) is 4.57 Å². The Labute approximate surface area is 183 Å². The Kier molecular flexibility index (Phi) is 3.84. The Hall–Kier alpha value is -3.33. The van der Waals surface area contributed by atoms with Gasteiger partial charge in [0.2, 0.25) is 5.91 Å². The van der Waals surface area contributed by atoms with E-state index in [2.05, 4.69) is 0 Å². The van der Waals surface area contributed by atoms with Crippen LogP contribution in [0.5, 0.6) is 0 Å². The first-order valence-corrected chi connectivity index (χ1v) is 10.8. The highest BCUT2D eigenvalue weighted by molar-refractivity contribution is 7.12. The summed E-state index contributed by atoms with van der Waals surface area (Å²) < 4.78 is 46.3. The lowest BCUT2D eigenvalue weighted by Gasteiger charge is -2.24. The summed E-state index contributed by atoms with van der Waals surface area (Å²) in [5.74, 6) is -0.239. The van der Waals surface area contributed by atoms with Gasteiger partial charge < -0.3 is 13.9 Å². The molecular weight excluding hydrogens is 441 g/mol. The molecule has 0 bridgehead atoms. The van der Waals surface area contributed by atoms with Gasteiger partial charge in [-0.3, -0.25) is 9.59 Å². The van der Waals surface area contributed by atoms with Gasteiger partial charge in [-0.05, 0) is 36.2 Å². The van der Waals surface area contributed by atoms with Crippen LogP contribution in [-0.4, -0.2) is 10.5 Å². The molecule has 3 aromatic heterocycles. The molecule has 0 radical (unpaired) electrons. The number of fused-ring (bicyclic) bond motifs is 5. The maximum absolute atomic E-state index is 13.9. The Morgan fingerprint density at radius 3 is 2.69 bits per heavy atom. The quantitative estimate of drug-likeness (QED) is 0.431. The number of rotatable bonds is 2. The number of nitrogens with zero attached hydrogens (tertiary/aromatic N) is 2. The van der Waals surface area contributed by atoms with Crippen LogP contribution in [0.3, 0.4) is 0 Å². The molecule has 5 nitrogen and oxygen atoms in total. The maximum Gasteiger partial charge on any atom is 0.425 e. The fourth-order valence-electron chi connectivity index (χ4n) is 4.99. The minimum atomic E-state index is -4.42. The van der Waals surface area contributed by atoms with Crippen LogP contribution in [0.2, 0.25) is 0 Å². The number of carbonyl (C=O) groups excluding carboxylic acids is 1. The molecule has 6 rings (SSSR count). The minimum absolute atomic E-state index is 0.0333. The van der Waals surface area contributed by atoms with Crippen LogP contribution in [0.1, 0.15) is 27.4 Å². The van der Waals surface area contributed by atoms with E-state index in [9.17, 15) is 22.8 Å². The van der Waals surface area contributed by atoms with Crippen LogP contribution in [-0.2, 0) is 29.5 Å². The highest BCUT2D eigenvalue weighted by atomic mass is 32.1. The molecule has 1 aromatic carbocycles. The van der Waals surface area contributed by atoms with E-state index < -0.39 is 16.5 Å². The van der Waals surface area contributed by atoms with E-state index in [-0.39, 0.29) is 18.0 Å². The SMILES string of the molecule is O=C1N(Cc2ccc(C(F)(F)F)s2)c2ccccc2C12CCn1c2cc2occc2c1=O. The lowest BCUT2D eigenvalue weighted by molar-refractivity contribution is -0.134. The number of hydrogen-bond acceptors (Lipinski definition) is 4. The average molecular weight is 456 g/mol. The number of para-hydroxylation sites is 1. The van der Waals surface area contributed by atoms with E-state index in [0.29, 0.717) is 51.5 Å². The average Bonchev–Trinajstić information content (AvgIpc) is 3.53. The number of anilines is 1. The molecule has 1 unspecified atom stereocenters. The van der Waals surface area contributed by atoms with Crippen LogP contribution < -0.4 is 10.5 Å². The Morgan fingerprint density at radius 1 is 1.09 bits per heavy atom. The Bertz CT molecular complexity index is 1470. The number of pyridine rings is 1. The normalized spacial score (nSPS) is 19.8. The van der Waals surface area contributed by atoms with Crippen LogP contribution >= 0.6 is 11.3 Å². The van der Waals surface area contributed by atoms with Gasteiger partial charge in [0.1, 0.15) is 15.9 Å². The highest BCUT2D eigenvalue weighted by Crippen LogP contribution is 2.52. The summed E-state index contributed by atoms with van der Waals surface area (Å²) in [6.07, 6.45) is -2.57. The first-order valence-electron chi connectivity index (χ1n) is 9.99. The zero-order valence-corrected chi connectivity index (χ0v) is 17.3. The second-order valence-electron chi connectivity index (χ2n) is 8.01. The smallest absolute Gasteiger partial charge is 0.425 e. The van der Waals surface area contributed by atoms with Gasteiger partial charge in [-0.2, -0.15) is 13.2 Å². The van der Waals surface area contributed by atoms with Crippen LogP contribution in [0.4, 0.5) is 18.9 Å². The number of benzene rings is 1. The maximum atomic E-state index is 13.9. The second kappa shape index (κ2) is 6.35. The van der Waals surface area contributed by atoms with E-state index >= 15 is 0 Å². The second-order valence-corrected chi connectivity index (χ2v) is 9.18. The Morgan fingerprint density at radius 2 is 1.91 bits per heavy atom. The van der Waals surface area contributed by atoms with E-state index in [4.69, 9.17) is 4.42 Å². The van der Waals surface area contributed by atoms with Gasteiger partial charge in [-0.15, -0.1) is 11.3 Å². The van der Waals surface area contributed by atoms with Gasteiger partial charge in [-0.1, -0.05) is 18.2 Å². The standard InChI is InChI=1S/C23H15F3N2O3S/c24-23(25,26)19-6-5-13(32-19)12-28-16-4-2-1-3-15(16)22(21(28)30)8-9-27-18(22)11-17-14(20(27)29)7-10-31-17/h1-7,10-11H,8-9,12H2. The zero-order chi connectivity index (χ0) is 22.3. The molecule has 2 aliphatic heterocycles. The molecule has 5 heterocycles. The molecule has 0 saturated heterocycles. The van der Waals surface area contributed by atoms with Gasteiger partial charge in [-0.25, -0.2) is 0 Å². The number of thiophene rings is 1. The van der Waals surface area contributed by atoms with Crippen molar-refractivity contribution in [3.63, 3.8) is 0 Å². The predicted octanol–water partition coefficient (Wildman–Crippen LogP) is 4.91. The third-order valence-corrected chi connectivity index (χ3v) is 7.51. The summed E-state index contributed by atoms with van der Waals surface area (Å²) in [7, 11) is 0. The number of hydrogen-bond donors (Lipinski definition) is 0. The molecule has 162 valence electrons. The van der Waals surface area contributed by atoms with Crippen LogP contribution in [0, 0.1) is 0 Å². The molecule has 0 aliphatic carbocycles. The van der Waals surface area contributed by atoms with Crippen molar-refractivity contribution < 1.29 is 22.4 Å². The van der Waals surface area contributed by atoms with Crippen LogP contribution in [0.15, 0.2) is 64.0 Å². The number of amides is 1. The first-order chi connectivity index (χ1) is 15.3. The molecule has 0 N–H and O–H groups in total. The van der Waals surface area contributed by atoms with E-state index in [1.54, 1.807) is 28.8 Å². The highest BCUT2D eigenvalue weighted by Gasteiger charge is 2.56. The van der Waals surface area contributed by atoms with Crippen molar-refractivity contribution in [2.24, 2.45) is 0 Å². The van der Waals surface area contributed by atoms with Crippen molar-refractivity contribution in [2.75, 3.05) is 4.90 Å². The van der Waals surface area contributed by atoms with E-state index in [1.165, 1.54) is 17.2 Å². The van der Waals surface area contributed by atoms with Crippen molar-refractivity contribution >= 4 is 33.9 Å². The third kappa shape index (κ3) is 2.45. The largest absolute Gasteiger partial charge is 0.464 e. The topological polar surface area (TPSA) is 55.5 Å². The number of halogens is 3. The van der Waals surface area contributed by atoms with Crippen molar-refractivity contribution in [3.05, 3.63) is 86.2 Å². The summed E-state index contributed by atoms with van der Waals surface area (Å²) in [6.45, 7) is 0.409. The van der Waals surface area contributed by atoms with Gasteiger partial charge in [0.15, 0.2) is 0 Å². The zero-order valence-electron chi connectivity index (χ0n) is 16.5. The summed E-state index contributed by atoms with van der Waals surface area (Å²) in [4.78, 5) is 28.2. The number of carbonyl (C=O) groups is 1. The van der Waals surface area contributed by atoms with Gasteiger partial charge in [0.25, 0.3) is 5.56 Å². The molecule has 0 saturated carbocycles. The predicted molar refractivity (Wildman–Crippen MR) is 113 cm³/mol. The van der Waals surface area contributed by atoms with Gasteiger partial charge >= 0.3 is 6.18 Å². The lowest BCUT2D eigenvalue weighted by atomic mass is 9.77. The molecule has 9 heteroatoms. The molecule has 4 aromatic rings. The van der Waals surface area contributed by atoms with E-state index in [1.807, 2.05) is 12.1 Å². The summed E-state index contributed by atoms with van der Waals surface area (Å²) in [6, 6.07) is 13.1. The van der Waals surface area contributed by atoms with Crippen molar-refractivity contribution in [2.45, 2.75) is 31.1 Å². The molecule has 1 amide bonds. The summed E-state index contributed by atoms with van der Waals surface area (Å²) in [5.41, 5.74) is 1.11. The van der Waals surface area contributed by atoms with Crippen molar-refractivity contribution in [1.29, 1.82) is 0 Å². The molecule has 1 spiro atoms. The monoisotopic (exact) mass is 456 g/mol. The molecular formula is C23H15F3N2O3S. The first kappa shape index (κ1) is 19.4. The molecule has 0 fully saturated rings. The third-order valence-electron chi connectivity index (χ3n) is 6.40. The summed E-state index contributed by atoms with van der Waals surface area (Å²) >= 11 is 0.636. The number of furan rings is 1. The van der Waals surface area contributed by atoms with Crippen LogP contribution in [0.25, 0.3) is 11.0 Å². The number of aromatic nitrogens is 1.